The maximum Gasteiger partial charge on any atom is 0.238 e. The number of thioether (sulfide) groups is 1. The van der Waals surface area contributed by atoms with Crippen molar-refractivity contribution in [2.45, 2.75) is 5.37 Å². The zero-order chi connectivity index (χ0) is 13.2. The number of para-hydroxylation sites is 1. The average Bonchev–Trinajstić information content (AvgIpc) is 2.82. The van der Waals surface area contributed by atoms with Gasteiger partial charge in [0.1, 0.15) is 10.5 Å². The molecule has 1 saturated heterocycles. The minimum atomic E-state index is -0.101. The van der Waals surface area contributed by atoms with Crippen LogP contribution in [0.25, 0.3) is 0 Å². The smallest absolute Gasteiger partial charge is 0.238 e. The van der Waals surface area contributed by atoms with Crippen LogP contribution >= 0.6 is 23.4 Å². The molecule has 0 N–H and O–H groups in total. The van der Waals surface area contributed by atoms with Gasteiger partial charge in [0, 0.05) is 17.4 Å². The topological polar surface area (TPSA) is 33.2 Å². The van der Waals surface area contributed by atoms with Crippen LogP contribution in [-0.4, -0.2) is 16.6 Å². The van der Waals surface area contributed by atoms with E-state index in [2.05, 4.69) is 4.98 Å². The van der Waals surface area contributed by atoms with Crippen molar-refractivity contribution in [3.05, 3.63) is 59.4 Å². The summed E-state index contributed by atoms with van der Waals surface area (Å²) in [6, 6.07) is 13.4. The fourth-order valence-electron chi connectivity index (χ4n) is 2.10. The van der Waals surface area contributed by atoms with E-state index in [0.29, 0.717) is 10.9 Å². The number of aromatic nitrogens is 1. The number of pyridine rings is 1. The summed E-state index contributed by atoms with van der Waals surface area (Å²) in [7, 11) is 0. The molecule has 3 nitrogen and oxygen atoms in total. The molecule has 0 bridgehead atoms. The maximum atomic E-state index is 12.1. The van der Waals surface area contributed by atoms with Crippen molar-refractivity contribution in [3.63, 3.8) is 0 Å². The number of hydrogen-bond acceptors (Lipinski definition) is 3. The van der Waals surface area contributed by atoms with E-state index in [1.54, 1.807) is 22.9 Å². The fourth-order valence-corrected chi connectivity index (χ4v) is 3.59. The molecule has 3 rings (SSSR count). The summed E-state index contributed by atoms with van der Waals surface area (Å²) < 4.78 is 0. The lowest BCUT2D eigenvalue weighted by Crippen LogP contribution is -2.27. The van der Waals surface area contributed by atoms with Crippen LogP contribution in [0.1, 0.15) is 10.9 Å². The second kappa shape index (κ2) is 5.23. The molecule has 1 aromatic heterocycles. The van der Waals surface area contributed by atoms with Crippen LogP contribution in [0.3, 0.4) is 0 Å². The Bertz CT molecular complexity index is 605. The molecule has 96 valence electrons. The molecule has 5 heteroatoms. The summed E-state index contributed by atoms with van der Waals surface area (Å²) in [5.41, 5.74) is 1.77. The molecule has 0 radical (unpaired) electrons. The van der Waals surface area contributed by atoms with E-state index in [1.807, 2.05) is 42.5 Å². The third-order valence-electron chi connectivity index (χ3n) is 2.96. The maximum absolute atomic E-state index is 12.1. The standard InChI is InChI=1S/C14H11ClN2OS/c15-13-11(7-4-8-16-13)14-17(12(18)9-19-14)10-5-2-1-3-6-10/h1-8,14H,9H2. The molecule has 1 aromatic carbocycles. The first-order chi connectivity index (χ1) is 9.27. The monoisotopic (exact) mass is 290 g/mol. The molecule has 1 fully saturated rings. The third-order valence-corrected chi connectivity index (χ3v) is 4.47. The quantitative estimate of drug-likeness (QED) is 0.794. The van der Waals surface area contributed by atoms with Crippen molar-refractivity contribution >= 4 is 35.0 Å². The van der Waals surface area contributed by atoms with Gasteiger partial charge in [0.2, 0.25) is 5.91 Å². The minimum absolute atomic E-state index is 0.0983. The molecule has 1 unspecified atom stereocenters. The Kier molecular flexibility index (Phi) is 3.44. The van der Waals surface area contributed by atoms with Gasteiger partial charge in [-0.1, -0.05) is 35.9 Å². The number of halogens is 1. The van der Waals surface area contributed by atoms with Crippen molar-refractivity contribution in [2.75, 3.05) is 10.7 Å². The van der Waals surface area contributed by atoms with Crippen molar-refractivity contribution in [3.8, 4) is 0 Å². The Labute approximate surface area is 120 Å². The highest BCUT2D eigenvalue weighted by Crippen LogP contribution is 2.43. The predicted octanol–water partition coefficient (Wildman–Crippen LogP) is 3.51. The number of hydrogen-bond donors (Lipinski definition) is 0. The van der Waals surface area contributed by atoms with Crippen LogP contribution in [0, 0.1) is 0 Å². The van der Waals surface area contributed by atoms with Crippen LogP contribution in [0.15, 0.2) is 48.7 Å². The summed E-state index contributed by atoms with van der Waals surface area (Å²) >= 11 is 7.71. The van der Waals surface area contributed by atoms with Gasteiger partial charge >= 0.3 is 0 Å². The molecule has 19 heavy (non-hydrogen) atoms. The van der Waals surface area contributed by atoms with Crippen LogP contribution in [-0.2, 0) is 4.79 Å². The number of nitrogens with zero attached hydrogens (tertiary/aromatic N) is 2. The Morgan fingerprint density at radius 3 is 2.74 bits per heavy atom. The van der Waals surface area contributed by atoms with Crippen LogP contribution in [0.2, 0.25) is 5.15 Å². The van der Waals surface area contributed by atoms with Gasteiger partial charge in [-0.05, 0) is 18.2 Å². The summed E-state index contributed by atoms with van der Waals surface area (Å²) in [5.74, 6) is 0.561. The van der Waals surface area contributed by atoms with Gasteiger partial charge in [-0.15, -0.1) is 11.8 Å². The number of carbonyl (C=O) groups excluding carboxylic acids is 1. The van der Waals surface area contributed by atoms with E-state index in [9.17, 15) is 4.79 Å². The molecular formula is C14H11ClN2OS. The Morgan fingerprint density at radius 1 is 1.21 bits per heavy atom. The van der Waals surface area contributed by atoms with Crippen molar-refractivity contribution in [2.24, 2.45) is 0 Å². The van der Waals surface area contributed by atoms with Gasteiger partial charge < -0.3 is 0 Å². The molecule has 0 aliphatic carbocycles. The van der Waals surface area contributed by atoms with Gasteiger partial charge in [0.25, 0.3) is 0 Å². The molecule has 1 aliphatic rings. The highest BCUT2D eigenvalue weighted by Gasteiger charge is 2.35. The Hall–Kier alpha value is -1.52. The van der Waals surface area contributed by atoms with Crippen LogP contribution in [0.5, 0.6) is 0 Å². The lowest BCUT2D eigenvalue weighted by molar-refractivity contribution is -0.115. The molecule has 1 amide bonds. The van der Waals surface area contributed by atoms with Crippen molar-refractivity contribution in [1.29, 1.82) is 0 Å². The summed E-state index contributed by atoms with van der Waals surface area (Å²) in [4.78, 5) is 18.0. The van der Waals surface area contributed by atoms with Crippen LogP contribution in [0.4, 0.5) is 5.69 Å². The lowest BCUT2D eigenvalue weighted by Gasteiger charge is -2.24. The highest BCUT2D eigenvalue weighted by molar-refractivity contribution is 8.00. The van der Waals surface area contributed by atoms with Crippen molar-refractivity contribution < 1.29 is 4.79 Å². The minimum Gasteiger partial charge on any atom is -0.295 e. The number of amides is 1. The fraction of sp³-hybridized carbons (Fsp3) is 0.143. The molecule has 1 aliphatic heterocycles. The molecule has 1 atom stereocenters. The average molecular weight is 291 g/mol. The zero-order valence-electron chi connectivity index (χ0n) is 9.99. The first-order valence-corrected chi connectivity index (χ1v) is 7.29. The number of anilines is 1. The van der Waals surface area contributed by atoms with Crippen molar-refractivity contribution in [1.82, 2.24) is 4.98 Å². The van der Waals surface area contributed by atoms with E-state index >= 15 is 0 Å². The second-order valence-corrected chi connectivity index (χ2v) is 5.57. The van der Waals surface area contributed by atoms with Gasteiger partial charge in [0.15, 0.2) is 0 Å². The molecular weight excluding hydrogens is 280 g/mol. The third kappa shape index (κ3) is 2.33. The molecule has 2 aromatic rings. The molecule has 2 heterocycles. The summed E-state index contributed by atoms with van der Waals surface area (Å²) in [6.45, 7) is 0. The van der Waals surface area contributed by atoms with E-state index in [-0.39, 0.29) is 11.3 Å². The first-order valence-electron chi connectivity index (χ1n) is 5.86. The second-order valence-electron chi connectivity index (χ2n) is 4.15. The highest BCUT2D eigenvalue weighted by atomic mass is 35.5. The number of benzene rings is 1. The van der Waals surface area contributed by atoms with E-state index in [0.717, 1.165) is 11.3 Å². The van der Waals surface area contributed by atoms with Gasteiger partial charge in [0.05, 0.1) is 5.75 Å². The van der Waals surface area contributed by atoms with E-state index in [1.165, 1.54) is 0 Å². The summed E-state index contributed by atoms with van der Waals surface area (Å²) in [5, 5.41) is 0.353. The summed E-state index contributed by atoms with van der Waals surface area (Å²) in [6.07, 6.45) is 1.65. The normalized spacial score (nSPS) is 18.9. The Morgan fingerprint density at radius 2 is 2.00 bits per heavy atom. The lowest BCUT2D eigenvalue weighted by atomic mass is 10.2. The SMILES string of the molecule is O=C1CSC(c2cccnc2Cl)N1c1ccccc1. The Balaban J connectivity index is 2.02. The van der Waals surface area contributed by atoms with E-state index in [4.69, 9.17) is 11.6 Å². The van der Waals surface area contributed by atoms with Crippen LogP contribution < -0.4 is 4.90 Å². The largest absolute Gasteiger partial charge is 0.295 e. The number of carbonyl (C=O) groups is 1. The van der Waals surface area contributed by atoms with Gasteiger partial charge in [-0.3, -0.25) is 9.69 Å². The van der Waals surface area contributed by atoms with Gasteiger partial charge in [-0.25, -0.2) is 4.98 Å². The molecule has 0 saturated carbocycles. The predicted molar refractivity (Wildman–Crippen MR) is 78.4 cm³/mol. The molecule has 0 spiro atoms. The zero-order valence-corrected chi connectivity index (χ0v) is 11.6. The van der Waals surface area contributed by atoms with E-state index < -0.39 is 0 Å². The van der Waals surface area contributed by atoms with Gasteiger partial charge in [-0.2, -0.15) is 0 Å². The number of rotatable bonds is 2. The first kappa shape index (κ1) is 12.5.